The molecule has 0 fully saturated rings. The van der Waals surface area contributed by atoms with Crippen molar-refractivity contribution in [3.05, 3.63) is 88.0 Å². The Morgan fingerprint density at radius 2 is 1.93 bits per heavy atom. The van der Waals surface area contributed by atoms with Gasteiger partial charge < -0.3 is 14.2 Å². The monoisotopic (exact) mass is 404 g/mol. The Morgan fingerprint density at radius 1 is 1.17 bits per heavy atom. The number of benzene rings is 2. The molecule has 1 spiro atoms. The number of carbonyl (C=O) groups excluding carboxylic acids is 2. The van der Waals surface area contributed by atoms with Crippen molar-refractivity contribution < 1.29 is 18.4 Å². The minimum absolute atomic E-state index is 0.0124. The fourth-order valence-corrected chi connectivity index (χ4v) is 4.66. The highest BCUT2D eigenvalue weighted by atomic mass is 19.1. The summed E-state index contributed by atoms with van der Waals surface area (Å²) in [5.74, 6) is -1.79. The van der Waals surface area contributed by atoms with Crippen LogP contribution in [0.25, 0.3) is 11.0 Å². The molecule has 150 valence electrons. The average molecular weight is 404 g/mol. The standard InChI is InChI=1S/C23H17FN2O4/c1-3-11-26-21(28)20-18(19(27)14-12-13(24)9-10-17(14)30-20)23(26)15-7-5-6-8-16(15)25(4-2)22(23)29/h3,5-10,12H,1,4,11H2,2H3. The van der Waals surface area contributed by atoms with E-state index >= 15 is 0 Å². The summed E-state index contributed by atoms with van der Waals surface area (Å²) in [7, 11) is 0. The SMILES string of the molecule is C=CCN1C(=O)c2oc3ccc(F)cc3c(=O)c2C12C(=O)N(CC)c1ccccc12. The topological polar surface area (TPSA) is 70.8 Å². The lowest BCUT2D eigenvalue weighted by Gasteiger charge is -2.33. The van der Waals surface area contributed by atoms with E-state index in [0.717, 1.165) is 12.1 Å². The first-order valence-corrected chi connectivity index (χ1v) is 9.58. The third kappa shape index (κ3) is 1.99. The molecule has 7 heteroatoms. The molecule has 5 rings (SSSR count). The second kappa shape index (κ2) is 6.13. The number of rotatable bonds is 3. The fraction of sp³-hybridized carbons (Fsp3) is 0.174. The van der Waals surface area contributed by atoms with Crippen LogP contribution in [0, 0.1) is 5.82 Å². The zero-order chi connectivity index (χ0) is 21.2. The normalized spacial score (nSPS) is 19.7. The molecule has 6 nitrogen and oxygen atoms in total. The number of hydrogen-bond donors (Lipinski definition) is 0. The molecule has 30 heavy (non-hydrogen) atoms. The summed E-state index contributed by atoms with van der Waals surface area (Å²) in [6.07, 6.45) is 1.50. The van der Waals surface area contributed by atoms with E-state index in [1.807, 2.05) is 6.92 Å². The molecule has 0 saturated carbocycles. The zero-order valence-electron chi connectivity index (χ0n) is 16.1. The van der Waals surface area contributed by atoms with Crippen LogP contribution in [0.15, 0.2) is 64.3 Å². The van der Waals surface area contributed by atoms with Gasteiger partial charge in [0, 0.05) is 18.7 Å². The molecular weight excluding hydrogens is 387 g/mol. The van der Waals surface area contributed by atoms with Gasteiger partial charge in [0.15, 0.2) is 11.0 Å². The maximum atomic E-state index is 13.9. The first-order chi connectivity index (χ1) is 14.5. The smallest absolute Gasteiger partial charge is 0.291 e. The quantitative estimate of drug-likeness (QED) is 0.629. The van der Waals surface area contributed by atoms with Crippen LogP contribution in [0.1, 0.15) is 28.6 Å². The van der Waals surface area contributed by atoms with Gasteiger partial charge in [-0.1, -0.05) is 24.3 Å². The van der Waals surface area contributed by atoms with E-state index in [1.54, 1.807) is 29.2 Å². The van der Waals surface area contributed by atoms with Gasteiger partial charge in [-0.05, 0) is 31.2 Å². The lowest BCUT2D eigenvalue weighted by Crippen LogP contribution is -2.53. The minimum Gasteiger partial charge on any atom is -0.450 e. The van der Waals surface area contributed by atoms with Crippen LogP contribution >= 0.6 is 0 Å². The van der Waals surface area contributed by atoms with Crippen molar-refractivity contribution in [3.8, 4) is 0 Å². The highest BCUT2D eigenvalue weighted by Crippen LogP contribution is 2.52. The van der Waals surface area contributed by atoms with Gasteiger partial charge in [-0.15, -0.1) is 6.58 Å². The van der Waals surface area contributed by atoms with Gasteiger partial charge in [0.2, 0.25) is 5.76 Å². The van der Waals surface area contributed by atoms with Crippen LogP contribution < -0.4 is 10.3 Å². The molecule has 0 N–H and O–H groups in total. The molecule has 0 saturated heterocycles. The Kier molecular flexibility index (Phi) is 3.74. The molecule has 3 aromatic rings. The fourth-order valence-electron chi connectivity index (χ4n) is 4.66. The Bertz CT molecular complexity index is 1330. The summed E-state index contributed by atoms with van der Waals surface area (Å²) >= 11 is 0. The zero-order valence-corrected chi connectivity index (χ0v) is 16.1. The Labute approximate surface area is 170 Å². The van der Waals surface area contributed by atoms with Gasteiger partial charge in [0.25, 0.3) is 11.8 Å². The second-order valence-electron chi connectivity index (χ2n) is 7.26. The number of anilines is 1. The predicted octanol–water partition coefficient (Wildman–Crippen LogP) is 3.18. The summed E-state index contributed by atoms with van der Waals surface area (Å²) in [6.45, 7) is 5.92. The van der Waals surface area contributed by atoms with Crippen molar-refractivity contribution in [1.82, 2.24) is 4.90 Å². The van der Waals surface area contributed by atoms with Crippen molar-refractivity contribution in [3.63, 3.8) is 0 Å². The lowest BCUT2D eigenvalue weighted by molar-refractivity contribution is -0.125. The number of halogens is 1. The number of para-hydroxylation sites is 1. The summed E-state index contributed by atoms with van der Waals surface area (Å²) in [6, 6.07) is 10.6. The van der Waals surface area contributed by atoms with E-state index in [2.05, 4.69) is 6.58 Å². The van der Waals surface area contributed by atoms with E-state index in [1.165, 1.54) is 17.0 Å². The van der Waals surface area contributed by atoms with Crippen LogP contribution in [0.2, 0.25) is 0 Å². The second-order valence-corrected chi connectivity index (χ2v) is 7.26. The maximum Gasteiger partial charge on any atom is 0.291 e. The Balaban J connectivity index is 1.97. The van der Waals surface area contributed by atoms with Crippen LogP contribution in [0.5, 0.6) is 0 Å². The molecule has 0 bridgehead atoms. The van der Waals surface area contributed by atoms with E-state index in [4.69, 9.17) is 4.42 Å². The van der Waals surface area contributed by atoms with Crippen molar-refractivity contribution >= 4 is 28.5 Å². The van der Waals surface area contributed by atoms with Crippen molar-refractivity contribution in [2.45, 2.75) is 12.5 Å². The Morgan fingerprint density at radius 3 is 2.67 bits per heavy atom. The summed E-state index contributed by atoms with van der Waals surface area (Å²) in [4.78, 5) is 43.6. The van der Waals surface area contributed by atoms with Gasteiger partial charge in [-0.3, -0.25) is 14.4 Å². The summed E-state index contributed by atoms with van der Waals surface area (Å²) in [5, 5.41) is -0.0124. The number of fused-ring (bicyclic) bond motifs is 5. The third-order valence-corrected chi connectivity index (χ3v) is 5.83. The van der Waals surface area contributed by atoms with Crippen LogP contribution in [-0.4, -0.2) is 29.8 Å². The first-order valence-electron chi connectivity index (χ1n) is 9.58. The third-order valence-electron chi connectivity index (χ3n) is 5.83. The van der Waals surface area contributed by atoms with Crippen LogP contribution in [-0.2, 0) is 10.3 Å². The first kappa shape index (κ1) is 18.3. The van der Waals surface area contributed by atoms with Gasteiger partial charge >= 0.3 is 0 Å². The van der Waals surface area contributed by atoms with Gasteiger partial charge in [0.05, 0.1) is 16.6 Å². The highest BCUT2D eigenvalue weighted by molar-refractivity contribution is 6.17. The molecule has 2 aromatic carbocycles. The maximum absolute atomic E-state index is 13.9. The summed E-state index contributed by atoms with van der Waals surface area (Å²) in [5.41, 5.74) is -1.09. The number of likely N-dealkylation sites (N-methyl/N-ethyl adjacent to an activating group) is 1. The number of nitrogens with zero attached hydrogens (tertiary/aromatic N) is 2. The van der Waals surface area contributed by atoms with Gasteiger partial charge in [-0.2, -0.15) is 0 Å². The van der Waals surface area contributed by atoms with Crippen molar-refractivity contribution in [2.24, 2.45) is 0 Å². The number of carbonyl (C=O) groups is 2. The van der Waals surface area contributed by atoms with E-state index < -0.39 is 28.6 Å². The van der Waals surface area contributed by atoms with Crippen molar-refractivity contribution in [1.29, 1.82) is 0 Å². The van der Waals surface area contributed by atoms with Crippen LogP contribution in [0.4, 0.5) is 10.1 Å². The molecule has 0 radical (unpaired) electrons. The molecule has 1 atom stereocenters. The van der Waals surface area contributed by atoms with Gasteiger partial charge in [0.1, 0.15) is 11.4 Å². The number of amides is 2. The molecule has 2 aliphatic heterocycles. The summed E-state index contributed by atoms with van der Waals surface area (Å²) < 4.78 is 19.7. The molecule has 0 aliphatic carbocycles. The lowest BCUT2D eigenvalue weighted by atomic mass is 9.84. The largest absolute Gasteiger partial charge is 0.450 e. The molecule has 1 unspecified atom stereocenters. The van der Waals surface area contributed by atoms with E-state index in [0.29, 0.717) is 17.8 Å². The molecular formula is C23H17FN2O4. The molecule has 2 amide bonds. The van der Waals surface area contributed by atoms with Crippen LogP contribution in [0.3, 0.4) is 0 Å². The molecule has 3 heterocycles. The van der Waals surface area contributed by atoms with Crippen molar-refractivity contribution in [2.75, 3.05) is 18.0 Å². The Hall–Kier alpha value is -3.74. The van der Waals surface area contributed by atoms with E-state index in [-0.39, 0.29) is 28.8 Å². The van der Waals surface area contributed by atoms with Gasteiger partial charge in [-0.25, -0.2) is 4.39 Å². The number of hydrogen-bond acceptors (Lipinski definition) is 4. The predicted molar refractivity (Wildman–Crippen MR) is 109 cm³/mol. The van der Waals surface area contributed by atoms with E-state index in [9.17, 15) is 18.8 Å². The molecule has 2 aliphatic rings. The highest BCUT2D eigenvalue weighted by Gasteiger charge is 2.64. The minimum atomic E-state index is -1.67. The average Bonchev–Trinajstić information content (AvgIpc) is 3.14. The molecule has 1 aromatic heterocycles.